The molecule has 0 aliphatic carbocycles. The molecule has 26 heavy (non-hydrogen) atoms. The van der Waals surface area contributed by atoms with E-state index in [1.165, 1.54) is 0 Å². The number of hydrazine groups is 1. The highest BCUT2D eigenvalue weighted by atomic mass is 35.5. The third-order valence-electron chi connectivity index (χ3n) is 3.61. The van der Waals surface area contributed by atoms with Gasteiger partial charge in [0.2, 0.25) is 0 Å². The molecule has 3 N–H and O–H groups in total. The number of primary amides is 1. The number of aromatic nitrogens is 2. The molecule has 3 rings (SSSR count). The zero-order chi connectivity index (χ0) is 18.5. The number of anilines is 1. The number of benzene rings is 2. The topological polar surface area (TPSA) is 93.3 Å². The van der Waals surface area contributed by atoms with Crippen molar-refractivity contribution in [2.45, 2.75) is 6.54 Å². The van der Waals surface area contributed by atoms with Gasteiger partial charge in [-0.25, -0.2) is 9.80 Å². The number of rotatable bonds is 4. The fourth-order valence-electron chi connectivity index (χ4n) is 2.36. The standard InChI is InChI=1S/C18H16ClN5O2/c19-15-10-21-23(12-15)11-13-6-8-14(9-7-13)17(25)22-24(18(20)26)16-4-2-1-3-5-16/h1-10,12H,11H2,(H2,20,26)(H,22,25). The van der Waals surface area contributed by atoms with Crippen LogP contribution in [0, 0.1) is 0 Å². The van der Waals surface area contributed by atoms with Gasteiger partial charge in [0.15, 0.2) is 0 Å². The first-order chi connectivity index (χ1) is 12.5. The maximum atomic E-state index is 12.4. The molecule has 2 aromatic carbocycles. The number of carbonyl (C=O) groups is 2. The number of amides is 3. The minimum absolute atomic E-state index is 0.398. The van der Waals surface area contributed by atoms with E-state index < -0.39 is 11.9 Å². The molecular formula is C18H16ClN5O2. The maximum absolute atomic E-state index is 12.4. The zero-order valence-corrected chi connectivity index (χ0v) is 14.4. The van der Waals surface area contributed by atoms with E-state index in [9.17, 15) is 9.59 Å². The Balaban J connectivity index is 1.70. The SMILES string of the molecule is NC(=O)N(NC(=O)c1ccc(Cn2cc(Cl)cn2)cc1)c1ccccc1. The molecular weight excluding hydrogens is 354 g/mol. The molecule has 8 heteroatoms. The summed E-state index contributed by atoms with van der Waals surface area (Å²) in [5, 5.41) is 5.67. The van der Waals surface area contributed by atoms with Crippen LogP contribution in [0.15, 0.2) is 67.0 Å². The summed E-state index contributed by atoms with van der Waals surface area (Å²) in [4.78, 5) is 24.0. The van der Waals surface area contributed by atoms with Crippen molar-refractivity contribution in [2.75, 3.05) is 5.01 Å². The van der Waals surface area contributed by atoms with Gasteiger partial charge in [-0.2, -0.15) is 5.10 Å². The van der Waals surface area contributed by atoms with Crippen molar-refractivity contribution in [3.8, 4) is 0 Å². The molecule has 0 saturated heterocycles. The Morgan fingerprint density at radius 2 is 1.81 bits per heavy atom. The van der Waals surface area contributed by atoms with Crippen LogP contribution in [0.2, 0.25) is 5.02 Å². The minimum Gasteiger partial charge on any atom is -0.350 e. The molecule has 0 unspecified atom stereocenters. The minimum atomic E-state index is -0.781. The first kappa shape index (κ1) is 17.5. The highest BCUT2D eigenvalue weighted by Crippen LogP contribution is 2.13. The van der Waals surface area contributed by atoms with E-state index in [1.807, 2.05) is 12.1 Å². The number of hydrogen-bond acceptors (Lipinski definition) is 3. The first-order valence-corrected chi connectivity index (χ1v) is 8.13. The summed E-state index contributed by atoms with van der Waals surface area (Å²) in [6.45, 7) is 0.534. The van der Waals surface area contributed by atoms with Crippen LogP contribution in [0.3, 0.4) is 0 Å². The molecule has 3 amide bonds. The van der Waals surface area contributed by atoms with Crippen LogP contribution in [0.4, 0.5) is 10.5 Å². The highest BCUT2D eigenvalue weighted by Gasteiger charge is 2.16. The summed E-state index contributed by atoms with van der Waals surface area (Å²) in [5.74, 6) is -0.443. The van der Waals surface area contributed by atoms with Crippen LogP contribution in [0.5, 0.6) is 0 Å². The van der Waals surface area contributed by atoms with Crippen LogP contribution in [0.1, 0.15) is 15.9 Å². The molecule has 0 fully saturated rings. The zero-order valence-electron chi connectivity index (χ0n) is 13.7. The smallest absolute Gasteiger partial charge is 0.338 e. The number of nitrogens with zero attached hydrogens (tertiary/aromatic N) is 3. The predicted molar refractivity (Wildman–Crippen MR) is 98.8 cm³/mol. The van der Waals surface area contributed by atoms with Crippen molar-refractivity contribution in [3.63, 3.8) is 0 Å². The van der Waals surface area contributed by atoms with E-state index in [0.717, 1.165) is 10.6 Å². The highest BCUT2D eigenvalue weighted by molar-refractivity contribution is 6.30. The molecule has 0 spiro atoms. The van der Waals surface area contributed by atoms with Crippen molar-refractivity contribution >= 4 is 29.2 Å². The van der Waals surface area contributed by atoms with E-state index in [0.29, 0.717) is 22.8 Å². The maximum Gasteiger partial charge on any atom is 0.338 e. The Morgan fingerprint density at radius 3 is 2.38 bits per heavy atom. The number of nitrogens with one attached hydrogen (secondary N) is 1. The normalized spacial score (nSPS) is 10.3. The molecule has 132 valence electrons. The third kappa shape index (κ3) is 4.20. The van der Waals surface area contributed by atoms with Crippen LogP contribution >= 0.6 is 11.6 Å². The molecule has 1 heterocycles. The third-order valence-corrected chi connectivity index (χ3v) is 3.81. The van der Waals surface area contributed by atoms with Crippen LogP contribution < -0.4 is 16.2 Å². The van der Waals surface area contributed by atoms with E-state index in [1.54, 1.807) is 59.5 Å². The Labute approximate surface area is 154 Å². The Morgan fingerprint density at radius 1 is 1.12 bits per heavy atom. The van der Waals surface area contributed by atoms with E-state index in [2.05, 4.69) is 10.5 Å². The van der Waals surface area contributed by atoms with Crippen LogP contribution in [-0.4, -0.2) is 21.7 Å². The second kappa shape index (κ2) is 7.71. The number of hydrogen-bond donors (Lipinski definition) is 2. The second-order valence-corrected chi connectivity index (χ2v) is 5.94. The summed E-state index contributed by atoms with van der Waals surface area (Å²) in [6.07, 6.45) is 3.28. The summed E-state index contributed by atoms with van der Waals surface area (Å²) < 4.78 is 1.70. The van der Waals surface area contributed by atoms with Gasteiger partial charge in [0.1, 0.15) is 0 Å². The quantitative estimate of drug-likeness (QED) is 0.692. The summed E-state index contributed by atoms with van der Waals surface area (Å²) >= 11 is 5.84. The molecule has 0 atom stereocenters. The lowest BCUT2D eigenvalue weighted by Gasteiger charge is -2.21. The summed E-state index contributed by atoms with van der Waals surface area (Å²) in [7, 11) is 0. The molecule has 0 aliphatic rings. The van der Waals surface area contributed by atoms with E-state index >= 15 is 0 Å². The van der Waals surface area contributed by atoms with Gasteiger partial charge in [-0.3, -0.25) is 14.9 Å². The lowest BCUT2D eigenvalue weighted by atomic mass is 10.1. The summed E-state index contributed by atoms with van der Waals surface area (Å²) in [5.41, 5.74) is 9.69. The number of para-hydroxylation sites is 1. The molecule has 1 aromatic heterocycles. The fourth-order valence-corrected chi connectivity index (χ4v) is 2.52. The van der Waals surface area contributed by atoms with Crippen molar-refractivity contribution in [2.24, 2.45) is 5.73 Å². The van der Waals surface area contributed by atoms with Crippen molar-refractivity contribution in [1.29, 1.82) is 0 Å². The fraction of sp³-hybridized carbons (Fsp3) is 0.0556. The number of urea groups is 1. The van der Waals surface area contributed by atoms with E-state index in [-0.39, 0.29) is 0 Å². The van der Waals surface area contributed by atoms with Crippen molar-refractivity contribution in [3.05, 3.63) is 83.1 Å². The van der Waals surface area contributed by atoms with Crippen LogP contribution in [0.25, 0.3) is 0 Å². The molecule has 0 radical (unpaired) electrons. The average molecular weight is 370 g/mol. The van der Waals surface area contributed by atoms with Gasteiger partial charge in [0.25, 0.3) is 5.91 Å². The average Bonchev–Trinajstić information content (AvgIpc) is 3.05. The first-order valence-electron chi connectivity index (χ1n) is 7.75. The molecule has 3 aromatic rings. The predicted octanol–water partition coefficient (Wildman–Crippen LogP) is 2.81. The molecule has 7 nitrogen and oxygen atoms in total. The number of nitrogens with two attached hydrogens (primary N) is 1. The van der Waals surface area contributed by atoms with Gasteiger partial charge >= 0.3 is 6.03 Å². The number of halogens is 1. The molecule has 0 bridgehead atoms. The Kier molecular flexibility index (Phi) is 5.19. The van der Waals surface area contributed by atoms with Gasteiger partial charge in [-0.05, 0) is 29.8 Å². The largest absolute Gasteiger partial charge is 0.350 e. The van der Waals surface area contributed by atoms with Gasteiger partial charge in [-0.1, -0.05) is 41.9 Å². The van der Waals surface area contributed by atoms with Gasteiger partial charge in [0, 0.05) is 11.8 Å². The summed E-state index contributed by atoms with van der Waals surface area (Å²) in [6, 6.07) is 14.8. The monoisotopic (exact) mass is 369 g/mol. The van der Waals surface area contributed by atoms with Crippen LogP contribution in [-0.2, 0) is 6.54 Å². The van der Waals surface area contributed by atoms with Gasteiger partial charge in [0.05, 0.1) is 23.5 Å². The lowest BCUT2D eigenvalue weighted by Crippen LogP contribution is -2.49. The van der Waals surface area contributed by atoms with Crippen molar-refractivity contribution < 1.29 is 9.59 Å². The second-order valence-electron chi connectivity index (χ2n) is 5.50. The van der Waals surface area contributed by atoms with Gasteiger partial charge in [-0.15, -0.1) is 0 Å². The van der Waals surface area contributed by atoms with Crippen molar-refractivity contribution in [1.82, 2.24) is 15.2 Å². The van der Waals surface area contributed by atoms with E-state index in [4.69, 9.17) is 17.3 Å². The lowest BCUT2D eigenvalue weighted by molar-refractivity contribution is 0.0951. The Bertz CT molecular complexity index is 909. The molecule has 0 aliphatic heterocycles. The van der Waals surface area contributed by atoms with Gasteiger partial charge < -0.3 is 5.73 Å². The Hall–Kier alpha value is -3.32. The molecule has 0 saturated carbocycles. The number of carbonyl (C=O) groups excluding carboxylic acids is 2.